The van der Waals surface area contributed by atoms with Crippen LogP contribution in [0.25, 0.3) is 11.1 Å². The molecule has 0 unspecified atom stereocenters. The van der Waals surface area contributed by atoms with Gasteiger partial charge in [0.25, 0.3) is 10.0 Å². The highest BCUT2D eigenvalue weighted by molar-refractivity contribution is 7.90. The number of alkyl carbamates (subject to hydrolysis) is 1. The van der Waals surface area contributed by atoms with Crippen molar-refractivity contribution in [2.75, 3.05) is 13.2 Å². The predicted octanol–water partition coefficient (Wildman–Crippen LogP) is 7.93. The summed E-state index contributed by atoms with van der Waals surface area (Å²) >= 11 is 0. The number of nitrogens with one attached hydrogen (secondary N) is 2. The molecule has 0 saturated heterocycles. The maximum Gasteiger partial charge on any atom is 0.407 e. The normalized spacial score (nSPS) is 14.5. The number of benzene rings is 5. The quantitative estimate of drug-likeness (QED) is 0.0410. The van der Waals surface area contributed by atoms with Gasteiger partial charge in [-0.3, -0.25) is 4.99 Å². The van der Waals surface area contributed by atoms with E-state index in [9.17, 15) is 18.0 Å². The van der Waals surface area contributed by atoms with E-state index in [2.05, 4.69) is 27.2 Å². The Hall–Kier alpha value is -6.34. The molecule has 1 aliphatic heterocycles. The van der Waals surface area contributed by atoms with Gasteiger partial charge in [-0.15, -0.1) is 0 Å². The fraction of sp³-hybridized carbons (Fsp3) is 0.312. The third-order valence-electron chi connectivity index (χ3n) is 11.2. The predicted molar refractivity (Wildman–Crippen MR) is 234 cm³/mol. The Morgan fingerprint density at radius 1 is 0.820 bits per heavy atom. The van der Waals surface area contributed by atoms with Crippen LogP contribution in [0.2, 0.25) is 0 Å². The first-order valence-corrected chi connectivity index (χ1v) is 21.9. The third kappa shape index (κ3) is 9.84. The number of nitrogens with zero attached hydrogens (tertiary/aromatic N) is 1. The van der Waals surface area contributed by atoms with Crippen molar-refractivity contribution in [1.29, 1.82) is 0 Å². The van der Waals surface area contributed by atoms with Crippen molar-refractivity contribution in [1.82, 2.24) is 10.0 Å². The van der Waals surface area contributed by atoms with Crippen LogP contribution >= 0.6 is 0 Å². The summed E-state index contributed by atoms with van der Waals surface area (Å²) in [6.45, 7) is 9.81. The highest BCUT2D eigenvalue weighted by Crippen LogP contribution is 2.45. The molecule has 0 saturated carbocycles. The molecule has 0 radical (unpaired) electrons. The van der Waals surface area contributed by atoms with Crippen LogP contribution in [0.4, 0.5) is 4.79 Å². The molecule has 4 N–H and O–H groups in total. The summed E-state index contributed by atoms with van der Waals surface area (Å²) in [4.78, 5) is 31.3. The van der Waals surface area contributed by atoms with Crippen molar-refractivity contribution in [2.24, 2.45) is 10.7 Å². The Balaban J connectivity index is 0.989. The van der Waals surface area contributed by atoms with Crippen molar-refractivity contribution in [2.45, 2.75) is 89.6 Å². The smallest absolute Gasteiger partial charge is 0.407 e. The van der Waals surface area contributed by atoms with E-state index < -0.39 is 33.7 Å². The molecule has 1 atom stereocenters. The van der Waals surface area contributed by atoms with Gasteiger partial charge in [-0.25, -0.2) is 22.7 Å². The highest BCUT2D eigenvalue weighted by Gasteiger charge is 2.37. The SMILES string of the molecule is Cc1c(C)c(S(=O)(=O)NC(N)=NCCC[C@@H](NC(=O)OCC2c3ccccc3-c3ccccc32)C(=O)OCc2ccc(OCc3ccccc3)cc2)c(C)c2c1OC(C)(C)C2. The Morgan fingerprint density at radius 3 is 2.11 bits per heavy atom. The third-order valence-corrected chi connectivity index (χ3v) is 12.8. The molecule has 5 aromatic carbocycles. The van der Waals surface area contributed by atoms with Crippen LogP contribution in [0.3, 0.4) is 0 Å². The second-order valence-electron chi connectivity index (χ2n) is 16.1. The van der Waals surface area contributed by atoms with Crippen LogP contribution in [0, 0.1) is 20.8 Å². The summed E-state index contributed by atoms with van der Waals surface area (Å²) in [5, 5.41) is 2.70. The number of guanidine groups is 1. The molecule has 1 heterocycles. The van der Waals surface area contributed by atoms with E-state index in [1.807, 2.05) is 99.6 Å². The fourth-order valence-electron chi connectivity index (χ4n) is 8.07. The molecule has 1 amide bonds. The van der Waals surface area contributed by atoms with E-state index in [0.717, 1.165) is 50.3 Å². The number of carbonyl (C=O) groups excluding carboxylic acids is 2. The van der Waals surface area contributed by atoms with Crippen LogP contribution in [-0.2, 0) is 43.9 Å². The molecule has 2 aliphatic rings. The number of ether oxygens (including phenoxy) is 4. The summed E-state index contributed by atoms with van der Waals surface area (Å²) in [5.41, 5.74) is 14.6. The zero-order valence-electron chi connectivity index (χ0n) is 35.1. The van der Waals surface area contributed by atoms with Crippen molar-refractivity contribution >= 4 is 28.0 Å². The van der Waals surface area contributed by atoms with Gasteiger partial charge in [-0.2, -0.15) is 0 Å². The first kappa shape index (κ1) is 42.8. The molecule has 5 aromatic rings. The second-order valence-corrected chi connectivity index (χ2v) is 17.7. The van der Waals surface area contributed by atoms with Gasteiger partial charge >= 0.3 is 12.1 Å². The molecular weight excluding hydrogens is 793 g/mol. The van der Waals surface area contributed by atoms with Crippen LogP contribution in [0.5, 0.6) is 11.5 Å². The van der Waals surface area contributed by atoms with Crippen LogP contribution in [-0.4, -0.2) is 51.2 Å². The lowest BCUT2D eigenvalue weighted by Gasteiger charge is -2.19. The summed E-state index contributed by atoms with van der Waals surface area (Å²) in [6.07, 6.45) is 0.160. The largest absolute Gasteiger partial charge is 0.489 e. The van der Waals surface area contributed by atoms with Gasteiger partial charge in [-0.1, -0.05) is 91.0 Å². The molecule has 12 nitrogen and oxygen atoms in total. The van der Waals surface area contributed by atoms with Crippen molar-refractivity contribution in [3.63, 3.8) is 0 Å². The molecule has 0 spiro atoms. The molecule has 13 heteroatoms. The number of carbonyl (C=O) groups is 2. The molecule has 0 bridgehead atoms. The first-order chi connectivity index (χ1) is 29.2. The number of esters is 1. The van der Waals surface area contributed by atoms with E-state index in [1.165, 1.54) is 0 Å². The summed E-state index contributed by atoms with van der Waals surface area (Å²) in [6, 6.07) is 32.0. The minimum atomic E-state index is -4.11. The lowest BCUT2D eigenvalue weighted by molar-refractivity contribution is -0.147. The van der Waals surface area contributed by atoms with Gasteiger partial charge in [0, 0.05) is 24.4 Å². The molecule has 1 aliphatic carbocycles. The van der Waals surface area contributed by atoms with Gasteiger partial charge in [-0.05, 0) is 110 Å². The zero-order chi connectivity index (χ0) is 43.3. The van der Waals surface area contributed by atoms with Crippen LogP contribution < -0.4 is 25.2 Å². The van der Waals surface area contributed by atoms with Crippen LogP contribution in [0.15, 0.2) is 113 Å². The monoisotopic (exact) mass is 844 g/mol. The molecule has 7 rings (SSSR count). The number of hydrogen-bond donors (Lipinski definition) is 3. The number of hydrogen-bond acceptors (Lipinski definition) is 9. The Kier molecular flexibility index (Phi) is 12.7. The first-order valence-electron chi connectivity index (χ1n) is 20.4. The van der Waals surface area contributed by atoms with Crippen LogP contribution in [0.1, 0.15) is 77.1 Å². The van der Waals surface area contributed by atoms with E-state index in [1.54, 1.807) is 26.0 Å². The zero-order valence-corrected chi connectivity index (χ0v) is 35.9. The number of nitrogens with two attached hydrogens (primary N) is 1. The number of fused-ring (bicyclic) bond motifs is 4. The van der Waals surface area contributed by atoms with E-state index in [4.69, 9.17) is 24.7 Å². The van der Waals surface area contributed by atoms with Crippen molar-refractivity contribution in [3.05, 3.63) is 148 Å². The Labute approximate surface area is 357 Å². The fourth-order valence-corrected chi connectivity index (χ4v) is 9.60. The average molecular weight is 845 g/mol. The van der Waals surface area contributed by atoms with Gasteiger partial charge in [0.15, 0.2) is 0 Å². The summed E-state index contributed by atoms with van der Waals surface area (Å²) in [7, 11) is -4.11. The molecule has 0 aromatic heterocycles. The summed E-state index contributed by atoms with van der Waals surface area (Å²) < 4.78 is 53.3. The number of amides is 1. The molecule has 318 valence electrons. The Morgan fingerprint density at radius 2 is 1.44 bits per heavy atom. The van der Waals surface area contributed by atoms with Crippen molar-refractivity contribution in [3.8, 4) is 22.6 Å². The minimum absolute atomic E-state index is 0.0435. The number of rotatable bonds is 15. The molecule has 61 heavy (non-hydrogen) atoms. The van der Waals surface area contributed by atoms with Crippen molar-refractivity contribution < 1.29 is 37.0 Å². The van der Waals surface area contributed by atoms with Gasteiger partial charge in [0.05, 0.1) is 4.90 Å². The molecular formula is C48H52N4O8S. The topological polar surface area (TPSA) is 168 Å². The standard InChI is InChI=1S/C48H52N4O8S/c1-30-31(2)44(32(3)40-26-48(4,5)60-43(30)40)61(55,56)52-46(49)50-25-13-20-42(45(53)58-28-34-21-23-35(24-22-34)57-27-33-14-7-6-8-15-33)51-47(54)59-29-41-38-18-11-9-16-36(38)37-17-10-12-19-39(37)41/h6-12,14-19,21-24,41-42H,13,20,25-29H2,1-5H3,(H,51,54)(H3,49,50,52)/t42-/m1/s1. The molecule has 0 fully saturated rings. The maximum atomic E-state index is 13.7. The van der Waals surface area contributed by atoms with Gasteiger partial charge < -0.3 is 30.0 Å². The van der Waals surface area contributed by atoms with E-state index >= 15 is 0 Å². The van der Waals surface area contributed by atoms with E-state index in [0.29, 0.717) is 29.9 Å². The average Bonchev–Trinajstić information content (AvgIpc) is 3.75. The van der Waals surface area contributed by atoms with Gasteiger partial charge in [0.2, 0.25) is 5.96 Å². The second kappa shape index (κ2) is 18.1. The highest BCUT2D eigenvalue weighted by atomic mass is 32.2. The lowest BCUT2D eigenvalue weighted by Crippen LogP contribution is -2.42. The number of sulfonamides is 1. The minimum Gasteiger partial charge on any atom is -0.489 e. The lowest BCUT2D eigenvalue weighted by atomic mass is 9.94. The Bertz CT molecular complexity index is 2510. The maximum absolute atomic E-state index is 13.7. The summed E-state index contributed by atoms with van der Waals surface area (Å²) in [5.74, 6) is 0.260. The van der Waals surface area contributed by atoms with Gasteiger partial charge in [0.1, 0.15) is 43.0 Å². The van der Waals surface area contributed by atoms with E-state index in [-0.39, 0.29) is 49.4 Å². The number of aliphatic imine (C=N–C) groups is 1.